The third-order valence-corrected chi connectivity index (χ3v) is 4.19. The Morgan fingerprint density at radius 3 is 2.21 bits per heavy atom. The van der Waals surface area contributed by atoms with Crippen LogP contribution in [0.4, 0.5) is 0 Å². The van der Waals surface area contributed by atoms with E-state index in [1.165, 1.54) is 5.56 Å². The van der Waals surface area contributed by atoms with Gasteiger partial charge in [0, 0.05) is 5.92 Å². The Morgan fingerprint density at radius 1 is 1.00 bits per heavy atom. The zero-order chi connectivity index (χ0) is 13.3. The molecule has 3 rings (SSSR count). The topological polar surface area (TPSA) is 9.23 Å². The molecule has 1 fully saturated rings. The fraction of sp³-hybridized carbons (Fsp3) is 0.250. The van der Waals surface area contributed by atoms with Crippen LogP contribution in [-0.2, 0) is 6.61 Å². The lowest BCUT2D eigenvalue weighted by Crippen LogP contribution is -1.95. The summed E-state index contributed by atoms with van der Waals surface area (Å²) in [5.74, 6) is 1.13. The summed E-state index contributed by atoms with van der Waals surface area (Å²) in [4.78, 5) is 0. The van der Waals surface area contributed by atoms with Gasteiger partial charge in [-0.1, -0.05) is 42.5 Å². The smallest absolute Gasteiger partial charge is 0.125 e. The molecule has 19 heavy (non-hydrogen) atoms. The molecule has 1 nitrogen and oxygen atoms in total. The number of benzene rings is 2. The number of alkyl halides is 2. The van der Waals surface area contributed by atoms with Gasteiger partial charge in [0.2, 0.25) is 0 Å². The summed E-state index contributed by atoms with van der Waals surface area (Å²) < 4.78 is 5.17. The van der Waals surface area contributed by atoms with E-state index < -0.39 is 4.33 Å². The highest BCUT2D eigenvalue weighted by molar-refractivity contribution is 6.51. The molecule has 1 aliphatic rings. The van der Waals surface area contributed by atoms with Crippen molar-refractivity contribution in [3.8, 4) is 5.75 Å². The fourth-order valence-corrected chi connectivity index (χ4v) is 2.67. The minimum absolute atomic E-state index is 0.263. The molecule has 1 unspecified atom stereocenters. The van der Waals surface area contributed by atoms with E-state index in [9.17, 15) is 0 Å². The maximum Gasteiger partial charge on any atom is 0.125 e. The Hall–Kier alpha value is -1.18. The second kappa shape index (κ2) is 5.07. The van der Waals surface area contributed by atoms with E-state index in [2.05, 4.69) is 0 Å². The SMILES string of the molecule is ClC1(Cl)CC1c1ccc(OCc2ccccc2)cc1. The van der Waals surface area contributed by atoms with Gasteiger partial charge in [-0.3, -0.25) is 0 Å². The van der Waals surface area contributed by atoms with Crippen LogP contribution in [-0.4, -0.2) is 4.33 Å². The van der Waals surface area contributed by atoms with Crippen molar-refractivity contribution in [3.05, 3.63) is 65.7 Å². The van der Waals surface area contributed by atoms with E-state index in [4.69, 9.17) is 27.9 Å². The van der Waals surface area contributed by atoms with Gasteiger partial charge in [-0.15, -0.1) is 23.2 Å². The summed E-state index contributed by atoms with van der Waals surface area (Å²) in [5.41, 5.74) is 2.34. The van der Waals surface area contributed by atoms with E-state index in [0.717, 1.165) is 17.7 Å². The standard InChI is InChI=1S/C16H14Cl2O/c17-16(18)10-15(16)13-6-8-14(9-7-13)19-11-12-4-2-1-3-5-12/h1-9,15H,10-11H2. The van der Waals surface area contributed by atoms with Gasteiger partial charge in [0.1, 0.15) is 16.7 Å². The minimum Gasteiger partial charge on any atom is -0.489 e. The summed E-state index contributed by atoms with van der Waals surface area (Å²) in [6.45, 7) is 0.582. The van der Waals surface area contributed by atoms with Gasteiger partial charge in [0.25, 0.3) is 0 Å². The van der Waals surface area contributed by atoms with E-state index in [0.29, 0.717) is 6.61 Å². The average Bonchev–Trinajstić information content (AvgIpc) is 3.07. The highest BCUT2D eigenvalue weighted by atomic mass is 35.5. The Kier molecular flexibility index (Phi) is 3.42. The van der Waals surface area contributed by atoms with E-state index in [-0.39, 0.29) is 5.92 Å². The number of halogens is 2. The maximum absolute atomic E-state index is 6.06. The van der Waals surface area contributed by atoms with Crippen molar-refractivity contribution in [2.75, 3.05) is 0 Å². The Morgan fingerprint density at radius 2 is 1.63 bits per heavy atom. The van der Waals surface area contributed by atoms with Crippen LogP contribution in [0.25, 0.3) is 0 Å². The first-order valence-electron chi connectivity index (χ1n) is 6.30. The van der Waals surface area contributed by atoms with Gasteiger partial charge >= 0.3 is 0 Å². The highest BCUT2D eigenvalue weighted by Crippen LogP contribution is 2.59. The summed E-state index contributed by atoms with van der Waals surface area (Å²) in [6, 6.07) is 18.1. The highest BCUT2D eigenvalue weighted by Gasteiger charge is 2.52. The summed E-state index contributed by atoms with van der Waals surface area (Å²) in [5, 5.41) is 0. The van der Waals surface area contributed by atoms with Crippen molar-refractivity contribution in [1.29, 1.82) is 0 Å². The third-order valence-electron chi connectivity index (χ3n) is 3.36. The van der Waals surface area contributed by atoms with Gasteiger partial charge < -0.3 is 4.74 Å². The normalized spacial score (nSPS) is 20.0. The molecule has 0 saturated heterocycles. The molecule has 2 aromatic rings. The first-order chi connectivity index (χ1) is 9.15. The lowest BCUT2D eigenvalue weighted by molar-refractivity contribution is 0.306. The van der Waals surface area contributed by atoms with Gasteiger partial charge in [-0.25, -0.2) is 0 Å². The van der Waals surface area contributed by atoms with Crippen molar-refractivity contribution < 1.29 is 4.74 Å². The van der Waals surface area contributed by atoms with Crippen LogP contribution in [0, 0.1) is 0 Å². The van der Waals surface area contributed by atoms with Crippen LogP contribution >= 0.6 is 23.2 Å². The molecule has 0 aromatic heterocycles. The maximum atomic E-state index is 6.06. The Balaban J connectivity index is 1.61. The van der Waals surface area contributed by atoms with Crippen LogP contribution < -0.4 is 4.74 Å². The molecule has 0 bridgehead atoms. The predicted octanol–water partition coefficient (Wildman–Crippen LogP) is 4.93. The molecule has 3 heteroatoms. The van der Waals surface area contributed by atoms with Gasteiger partial charge in [-0.2, -0.15) is 0 Å². The van der Waals surface area contributed by atoms with E-state index >= 15 is 0 Å². The predicted molar refractivity (Wildman–Crippen MR) is 79.0 cm³/mol. The first-order valence-corrected chi connectivity index (χ1v) is 7.05. The molecule has 0 aliphatic heterocycles. The van der Waals surface area contributed by atoms with Crippen LogP contribution in [0.2, 0.25) is 0 Å². The zero-order valence-electron chi connectivity index (χ0n) is 10.4. The van der Waals surface area contributed by atoms with E-state index in [1.54, 1.807) is 0 Å². The molecule has 1 saturated carbocycles. The van der Waals surface area contributed by atoms with Crippen LogP contribution in [0.5, 0.6) is 5.75 Å². The second-order valence-electron chi connectivity index (χ2n) is 4.86. The van der Waals surface area contributed by atoms with Gasteiger partial charge in [0.05, 0.1) is 0 Å². The molecule has 98 valence electrons. The number of hydrogen-bond acceptors (Lipinski definition) is 1. The monoisotopic (exact) mass is 292 g/mol. The lowest BCUT2D eigenvalue weighted by atomic mass is 10.1. The van der Waals surface area contributed by atoms with E-state index in [1.807, 2.05) is 54.6 Å². The van der Waals surface area contributed by atoms with Crippen molar-refractivity contribution in [1.82, 2.24) is 0 Å². The number of rotatable bonds is 4. The molecule has 0 spiro atoms. The largest absolute Gasteiger partial charge is 0.489 e. The quantitative estimate of drug-likeness (QED) is 0.726. The fourth-order valence-electron chi connectivity index (χ4n) is 2.11. The second-order valence-corrected chi connectivity index (χ2v) is 6.40. The molecule has 0 N–H and O–H groups in total. The van der Waals surface area contributed by atoms with Gasteiger partial charge in [0.15, 0.2) is 0 Å². The molecular weight excluding hydrogens is 279 g/mol. The molecule has 1 atom stereocenters. The molecular formula is C16H14Cl2O. The Bertz CT molecular complexity index is 549. The lowest BCUT2D eigenvalue weighted by Gasteiger charge is -2.07. The first kappa shape index (κ1) is 12.8. The van der Waals surface area contributed by atoms with Crippen LogP contribution in [0.1, 0.15) is 23.5 Å². The minimum atomic E-state index is -0.563. The molecule has 2 aromatic carbocycles. The van der Waals surface area contributed by atoms with Gasteiger partial charge in [-0.05, 0) is 29.7 Å². The molecule has 1 aliphatic carbocycles. The summed E-state index contributed by atoms with van der Waals surface area (Å²) in [7, 11) is 0. The molecule has 0 radical (unpaired) electrons. The Labute approximate surface area is 123 Å². The zero-order valence-corrected chi connectivity index (χ0v) is 11.9. The van der Waals surface area contributed by atoms with Crippen LogP contribution in [0.15, 0.2) is 54.6 Å². The van der Waals surface area contributed by atoms with Crippen molar-refractivity contribution in [2.24, 2.45) is 0 Å². The van der Waals surface area contributed by atoms with Crippen molar-refractivity contribution in [3.63, 3.8) is 0 Å². The van der Waals surface area contributed by atoms with Crippen molar-refractivity contribution >= 4 is 23.2 Å². The molecule has 0 heterocycles. The average molecular weight is 293 g/mol. The third kappa shape index (κ3) is 3.05. The van der Waals surface area contributed by atoms with Crippen molar-refractivity contribution in [2.45, 2.75) is 23.3 Å². The number of ether oxygens (including phenoxy) is 1. The summed E-state index contributed by atoms with van der Waals surface area (Å²) >= 11 is 12.1. The summed E-state index contributed by atoms with van der Waals surface area (Å²) in [6.07, 6.45) is 0.834. The molecule has 0 amide bonds. The van der Waals surface area contributed by atoms with Crippen LogP contribution in [0.3, 0.4) is 0 Å². The number of hydrogen-bond donors (Lipinski definition) is 0.